The van der Waals surface area contributed by atoms with Crippen molar-refractivity contribution < 1.29 is 18.4 Å². The molecule has 0 aliphatic heterocycles. The smallest absolute Gasteiger partial charge is 0.269 e. The molecule has 1 rings (SSSR count). The molecular weight excluding hydrogens is 453 g/mol. The van der Waals surface area contributed by atoms with Gasteiger partial charge in [-0.3, -0.25) is 10.1 Å². The summed E-state index contributed by atoms with van der Waals surface area (Å²) in [6.07, 6.45) is -1.42. The number of nitro groups is 1. The zero-order chi connectivity index (χ0) is 14.8. The first-order chi connectivity index (χ1) is 8.63. The van der Waals surface area contributed by atoms with Gasteiger partial charge in [0, 0.05) is 17.9 Å². The van der Waals surface area contributed by atoms with Crippen molar-refractivity contribution in [2.45, 2.75) is 14.7 Å². The maximum atomic E-state index is 11.9. The summed E-state index contributed by atoms with van der Waals surface area (Å²) in [5, 5.41) is 20.8. The molecule has 2 atom stereocenters. The Morgan fingerprint density at radius 2 is 2.16 bits per heavy atom. The number of halogens is 2. The molecule has 1 aromatic rings. The second-order valence-corrected chi connectivity index (χ2v) is 11.9. The third kappa shape index (κ3) is 3.44. The van der Waals surface area contributed by atoms with Gasteiger partial charge in [0.15, 0.2) is 9.84 Å². The number of hydrogen-bond donors (Lipinski definition) is 1. The van der Waals surface area contributed by atoms with E-state index in [1.807, 2.05) is 0 Å². The van der Waals surface area contributed by atoms with Crippen LogP contribution < -0.4 is 0 Å². The Labute approximate surface area is 132 Å². The van der Waals surface area contributed by atoms with Crippen LogP contribution >= 0.6 is 38.5 Å². The first-order valence-electron chi connectivity index (χ1n) is 5.16. The molecule has 0 radical (unpaired) electrons. The maximum absolute atomic E-state index is 11.9. The molecule has 106 valence electrons. The van der Waals surface area contributed by atoms with Crippen LogP contribution in [-0.2, 0) is 9.84 Å². The monoisotopic (exact) mass is 463 g/mol. The molecule has 0 aliphatic carbocycles. The highest BCUT2D eigenvalue weighted by Crippen LogP contribution is 2.45. The van der Waals surface area contributed by atoms with Gasteiger partial charge in [0.1, 0.15) is 6.10 Å². The lowest BCUT2D eigenvalue weighted by atomic mass is 10.1. The molecule has 0 amide bonds. The molecular formula is C10H11BrINO5S. The minimum Gasteiger partial charge on any atom is -0.385 e. The summed E-state index contributed by atoms with van der Waals surface area (Å²) in [5.41, 5.74) is -0.0392. The summed E-state index contributed by atoms with van der Waals surface area (Å²) >= 11 is 4.59. The largest absolute Gasteiger partial charge is 0.385 e. The van der Waals surface area contributed by atoms with Crippen LogP contribution in [0, 0.1) is 10.1 Å². The fraction of sp³-hybridized carbons (Fsp3) is 0.400. The van der Waals surface area contributed by atoms with Gasteiger partial charge in [-0.25, -0.2) is 8.42 Å². The molecule has 0 heterocycles. The molecule has 1 N–H and O–H groups in total. The summed E-state index contributed by atoms with van der Waals surface area (Å²) < 4.78 is 22.2. The van der Waals surface area contributed by atoms with Crippen LogP contribution in [0.1, 0.15) is 18.6 Å². The molecule has 0 saturated carbocycles. The van der Waals surface area contributed by atoms with E-state index < -0.39 is 22.5 Å². The van der Waals surface area contributed by atoms with Crippen LogP contribution in [0.25, 0.3) is 0 Å². The third-order valence-corrected chi connectivity index (χ3v) is 8.84. The Kier molecular flexibility index (Phi) is 5.32. The standard InChI is InChI=1S/C10H11BrINO5S/c1-2-19(17,18)10(11,12)9(14)7-4-3-5-8(6-7)13(15)16/h3-6,9,14H,2H2,1H3. The first-order valence-corrected chi connectivity index (χ1v) is 8.68. The number of hydrogen-bond acceptors (Lipinski definition) is 5. The Morgan fingerprint density at radius 1 is 1.58 bits per heavy atom. The van der Waals surface area contributed by atoms with E-state index in [1.165, 1.54) is 25.1 Å². The SMILES string of the molecule is CCS(=O)(=O)C(Br)(I)C(O)c1cccc([N+](=O)[O-])c1. The summed E-state index contributed by atoms with van der Waals surface area (Å²) in [7, 11) is -3.59. The molecule has 0 bridgehead atoms. The lowest BCUT2D eigenvalue weighted by molar-refractivity contribution is -0.385. The van der Waals surface area contributed by atoms with E-state index in [9.17, 15) is 23.6 Å². The number of aliphatic hydroxyl groups excluding tert-OH is 1. The van der Waals surface area contributed by atoms with Crippen LogP contribution in [0.5, 0.6) is 0 Å². The molecule has 1 aromatic carbocycles. The zero-order valence-electron chi connectivity index (χ0n) is 9.79. The Hall–Kier alpha value is -0.260. The van der Waals surface area contributed by atoms with Crippen LogP contribution in [0.2, 0.25) is 0 Å². The van der Waals surface area contributed by atoms with Crippen molar-refractivity contribution in [1.82, 2.24) is 0 Å². The molecule has 0 aromatic heterocycles. The number of benzene rings is 1. The highest BCUT2D eigenvalue weighted by molar-refractivity contribution is 14.1. The average molecular weight is 464 g/mol. The number of alkyl halides is 2. The summed E-state index contributed by atoms with van der Waals surface area (Å²) in [4.78, 5) is 10.1. The minimum atomic E-state index is -3.59. The topological polar surface area (TPSA) is 97.5 Å². The van der Waals surface area contributed by atoms with Crippen LogP contribution in [-0.4, -0.2) is 25.9 Å². The molecule has 0 aliphatic rings. The van der Waals surface area contributed by atoms with E-state index in [4.69, 9.17) is 0 Å². The van der Waals surface area contributed by atoms with Gasteiger partial charge in [-0.05, 0) is 28.2 Å². The van der Waals surface area contributed by atoms with Crippen LogP contribution in [0.3, 0.4) is 0 Å². The average Bonchev–Trinajstić information content (AvgIpc) is 2.37. The molecule has 0 saturated heterocycles. The van der Waals surface area contributed by atoms with Crippen molar-refractivity contribution in [2.24, 2.45) is 0 Å². The van der Waals surface area contributed by atoms with E-state index in [-0.39, 0.29) is 17.0 Å². The highest BCUT2D eigenvalue weighted by atomic mass is 127. The maximum Gasteiger partial charge on any atom is 0.269 e. The third-order valence-electron chi connectivity index (χ3n) is 2.51. The van der Waals surface area contributed by atoms with E-state index in [0.717, 1.165) is 6.07 Å². The first kappa shape index (κ1) is 16.8. The van der Waals surface area contributed by atoms with Crippen molar-refractivity contribution in [3.63, 3.8) is 0 Å². The van der Waals surface area contributed by atoms with Gasteiger partial charge in [0.25, 0.3) is 5.69 Å². The number of nitro benzene ring substituents is 1. The number of non-ortho nitro benzene ring substituents is 1. The van der Waals surface area contributed by atoms with Crippen LogP contribution in [0.15, 0.2) is 24.3 Å². The van der Waals surface area contributed by atoms with Gasteiger partial charge in [-0.1, -0.05) is 35.0 Å². The van der Waals surface area contributed by atoms with Gasteiger partial charge in [0.2, 0.25) is 1.66 Å². The van der Waals surface area contributed by atoms with Gasteiger partial charge < -0.3 is 5.11 Å². The van der Waals surface area contributed by atoms with Crippen molar-refractivity contribution in [1.29, 1.82) is 0 Å². The number of nitrogens with zero attached hydrogens (tertiary/aromatic N) is 1. The molecule has 2 unspecified atom stereocenters. The summed E-state index contributed by atoms with van der Waals surface area (Å²) in [5.74, 6) is -0.160. The fourth-order valence-corrected chi connectivity index (χ4v) is 4.47. The second kappa shape index (κ2) is 6.02. The highest BCUT2D eigenvalue weighted by Gasteiger charge is 2.45. The van der Waals surface area contributed by atoms with Crippen molar-refractivity contribution in [3.8, 4) is 0 Å². The van der Waals surface area contributed by atoms with E-state index >= 15 is 0 Å². The van der Waals surface area contributed by atoms with Crippen molar-refractivity contribution in [2.75, 3.05) is 5.75 Å². The van der Waals surface area contributed by atoms with E-state index in [2.05, 4.69) is 15.9 Å². The molecule has 19 heavy (non-hydrogen) atoms. The van der Waals surface area contributed by atoms with E-state index in [0.29, 0.717) is 0 Å². The van der Waals surface area contributed by atoms with Gasteiger partial charge >= 0.3 is 0 Å². The minimum absolute atomic E-state index is 0.160. The van der Waals surface area contributed by atoms with Gasteiger partial charge in [-0.2, -0.15) is 0 Å². The predicted molar refractivity (Wildman–Crippen MR) is 83.2 cm³/mol. The second-order valence-electron chi connectivity index (χ2n) is 3.72. The fourth-order valence-electron chi connectivity index (χ4n) is 1.36. The summed E-state index contributed by atoms with van der Waals surface area (Å²) in [6.45, 7) is 1.46. The van der Waals surface area contributed by atoms with E-state index in [1.54, 1.807) is 22.6 Å². The zero-order valence-corrected chi connectivity index (χ0v) is 14.3. The normalized spacial score (nSPS) is 16.6. The Morgan fingerprint density at radius 3 is 2.63 bits per heavy atom. The quantitative estimate of drug-likeness (QED) is 0.313. The number of sulfone groups is 1. The van der Waals surface area contributed by atoms with Gasteiger partial charge in [0.05, 0.1) is 4.92 Å². The van der Waals surface area contributed by atoms with Crippen molar-refractivity contribution in [3.05, 3.63) is 39.9 Å². The number of rotatable bonds is 5. The van der Waals surface area contributed by atoms with Crippen LogP contribution in [0.4, 0.5) is 5.69 Å². The Bertz CT molecular complexity index is 589. The molecule has 6 nitrogen and oxygen atoms in total. The Balaban J connectivity index is 3.24. The number of aliphatic hydroxyl groups is 1. The molecule has 9 heteroatoms. The summed E-state index contributed by atoms with van der Waals surface area (Å²) in [6, 6.07) is 5.27. The van der Waals surface area contributed by atoms with Gasteiger partial charge in [-0.15, -0.1) is 0 Å². The predicted octanol–water partition coefficient (Wildman–Crippen LogP) is 2.55. The lowest BCUT2D eigenvalue weighted by Gasteiger charge is -2.26. The molecule has 0 spiro atoms. The molecule has 0 fully saturated rings. The lowest BCUT2D eigenvalue weighted by Crippen LogP contribution is -2.33. The van der Waals surface area contributed by atoms with Crippen molar-refractivity contribution >= 4 is 54.0 Å².